The van der Waals surface area contributed by atoms with E-state index < -0.39 is 5.97 Å². The molecule has 0 unspecified atom stereocenters. The van der Waals surface area contributed by atoms with E-state index in [1.807, 2.05) is 26.1 Å². The maximum Gasteiger partial charge on any atom is 0.331 e. The van der Waals surface area contributed by atoms with E-state index in [4.69, 9.17) is 5.11 Å². The quantitative estimate of drug-likeness (QED) is 0.750. The van der Waals surface area contributed by atoms with Crippen LogP contribution in [0.5, 0.6) is 0 Å². The van der Waals surface area contributed by atoms with Gasteiger partial charge in [-0.3, -0.25) is 4.98 Å². The molecule has 0 saturated heterocycles. The molecule has 0 spiro atoms. The molecule has 0 aliphatic carbocycles. The topological polar surface area (TPSA) is 53.4 Å². The molecule has 1 N–H and O–H groups in total. The lowest BCUT2D eigenvalue weighted by molar-refractivity contribution is -0.132. The average Bonchev–Trinajstić information content (AvgIpc) is 2.38. The Morgan fingerprint density at radius 1 is 1.44 bits per heavy atom. The van der Waals surface area contributed by atoms with E-state index in [2.05, 4.69) is 9.88 Å². The highest BCUT2D eigenvalue weighted by Gasteiger charge is 2.04. The summed E-state index contributed by atoms with van der Waals surface area (Å²) in [4.78, 5) is 16.9. The second kappa shape index (κ2) is 7.61. The number of pyridine rings is 1. The predicted octanol–water partition coefficient (Wildman–Crippen LogP) is 1.98. The van der Waals surface area contributed by atoms with Crippen molar-refractivity contribution < 1.29 is 9.90 Å². The third-order valence-corrected chi connectivity index (χ3v) is 2.84. The maximum atomic E-state index is 10.8. The summed E-state index contributed by atoms with van der Waals surface area (Å²) in [5, 5.41) is 8.90. The second-order valence-electron chi connectivity index (χ2n) is 4.26. The van der Waals surface area contributed by atoms with Crippen LogP contribution in [0.2, 0.25) is 0 Å². The van der Waals surface area contributed by atoms with Gasteiger partial charge >= 0.3 is 5.97 Å². The Labute approximate surface area is 108 Å². The average molecular weight is 248 g/mol. The fourth-order valence-corrected chi connectivity index (χ4v) is 1.61. The van der Waals surface area contributed by atoms with Gasteiger partial charge in [0.25, 0.3) is 0 Å². The van der Waals surface area contributed by atoms with E-state index >= 15 is 0 Å². The van der Waals surface area contributed by atoms with Gasteiger partial charge in [-0.15, -0.1) is 0 Å². The number of aliphatic carboxylic acids is 1. The number of hydrogen-bond acceptors (Lipinski definition) is 3. The Hall–Kier alpha value is -1.68. The zero-order valence-electron chi connectivity index (χ0n) is 11.0. The van der Waals surface area contributed by atoms with Crippen LogP contribution >= 0.6 is 0 Å². The molecule has 0 radical (unpaired) electrons. The largest absolute Gasteiger partial charge is 0.478 e. The number of hydrogen-bond donors (Lipinski definition) is 1. The summed E-state index contributed by atoms with van der Waals surface area (Å²) < 4.78 is 0. The molecule has 1 heterocycles. The molecule has 18 heavy (non-hydrogen) atoms. The lowest BCUT2D eigenvalue weighted by atomic mass is 10.2. The Morgan fingerprint density at radius 2 is 2.11 bits per heavy atom. The SMILES string of the molecule is CCC(=CCN(C)CCc1ccncc1)C(=O)O. The number of carboxylic acids is 1. The van der Waals surface area contributed by atoms with Crippen molar-refractivity contribution in [1.82, 2.24) is 9.88 Å². The lowest BCUT2D eigenvalue weighted by Gasteiger charge is -2.14. The molecular formula is C14H20N2O2. The monoisotopic (exact) mass is 248 g/mol. The van der Waals surface area contributed by atoms with Crippen molar-refractivity contribution in [1.29, 1.82) is 0 Å². The van der Waals surface area contributed by atoms with Crippen molar-refractivity contribution in [3.8, 4) is 0 Å². The maximum absolute atomic E-state index is 10.8. The van der Waals surface area contributed by atoms with Gasteiger partial charge in [-0.05, 0) is 37.6 Å². The smallest absolute Gasteiger partial charge is 0.331 e. The Morgan fingerprint density at radius 3 is 2.67 bits per heavy atom. The normalized spacial score (nSPS) is 11.8. The molecule has 1 rings (SSSR count). The molecule has 0 aliphatic rings. The van der Waals surface area contributed by atoms with Gasteiger partial charge in [0.1, 0.15) is 0 Å². The summed E-state index contributed by atoms with van der Waals surface area (Å²) in [6, 6.07) is 4.00. The summed E-state index contributed by atoms with van der Waals surface area (Å²) in [6.45, 7) is 3.43. The number of likely N-dealkylation sites (N-methyl/N-ethyl adjacent to an activating group) is 1. The van der Waals surface area contributed by atoms with Crippen LogP contribution in [-0.4, -0.2) is 41.1 Å². The minimum absolute atomic E-state index is 0.478. The number of carboxylic acid groups (broad SMARTS) is 1. The van der Waals surface area contributed by atoms with Crippen LogP contribution in [0.25, 0.3) is 0 Å². The summed E-state index contributed by atoms with van der Waals surface area (Å²) in [5.41, 5.74) is 1.72. The molecule has 0 aliphatic heterocycles. The van der Waals surface area contributed by atoms with E-state index in [-0.39, 0.29) is 0 Å². The predicted molar refractivity (Wildman–Crippen MR) is 71.4 cm³/mol. The second-order valence-corrected chi connectivity index (χ2v) is 4.26. The van der Waals surface area contributed by atoms with Crippen LogP contribution < -0.4 is 0 Å². The first-order chi connectivity index (χ1) is 8.63. The minimum Gasteiger partial charge on any atom is -0.478 e. The van der Waals surface area contributed by atoms with Crippen LogP contribution in [0.4, 0.5) is 0 Å². The molecule has 0 amide bonds. The molecular weight excluding hydrogens is 228 g/mol. The molecule has 0 atom stereocenters. The molecule has 4 nitrogen and oxygen atoms in total. The van der Waals surface area contributed by atoms with Gasteiger partial charge < -0.3 is 10.0 Å². The molecule has 1 aromatic heterocycles. The molecule has 0 fully saturated rings. The van der Waals surface area contributed by atoms with E-state index in [0.29, 0.717) is 18.5 Å². The molecule has 0 bridgehead atoms. The Kier molecular flexibility index (Phi) is 6.08. The third kappa shape index (κ3) is 5.10. The van der Waals surface area contributed by atoms with Crippen LogP contribution in [-0.2, 0) is 11.2 Å². The van der Waals surface area contributed by atoms with Gasteiger partial charge in [-0.2, -0.15) is 0 Å². The van der Waals surface area contributed by atoms with Crippen molar-refractivity contribution >= 4 is 5.97 Å². The van der Waals surface area contributed by atoms with Crippen LogP contribution in [0.1, 0.15) is 18.9 Å². The van der Waals surface area contributed by atoms with E-state index in [1.165, 1.54) is 5.56 Å². The van der Waals surface area contributed by atoms with Gasteiger partial charge in [-0.1, -0.05) is 13.0 Å². The van der Waals surface area contributed by atoms with Crippen molar-refractivity contribution in [2.45, 2.75) is 19.8 Å². The number of aromatic nitrogens is 1. The highest BCUT2D eigenvalue weighted by molar-refractivity contribution is 5.86. The van der Waals surface area contributed by atoms with Crippen LogP contribution in [0, 0.1) is 0 Å². The third-order valence-electron chi connectivity index (χ3n) is 2.84. The van der Waals surface area contributed by atoms with Crippen molar-refractivity contribution in [2.24, 2.45) is 0 Å². The van der Waals surface area contributed by atoms with Gasteiger partial charge in [0, 0.05) is 31.1 Å². The van der Waals surface area contributed by atoms with Crippen molar-refractivity contribution in [3.05, 3.63) is 41.7 Å². The number of nitrogens with zero attached hydrogens (tertiary/aromatic N) is 2. The molecule has 0 aromatic carbocycles. The molecule has 0 saturated carbocycles. The first-order valence-corrected chi connectivity index (χ1v) is 6.13. The molecule has 4 heteroatoms. The lowest BCUT2D eigenvalue weighted by Crippen LogP contribution is -2.22. The van der Waals surface area contributed by atoms with E-state index in [0.717, 1.165) is 13.0 Å². The minimum atomic E-state index is -0.819. The number of rotatable bonds is 7. The highest BCUT2D eigenvalue weighted by atomic mass is 16.4. The summed E-state index contributed by atoms with van der Waals surface area (Å²) >= 11 is 0. The Bertz CT molecular complexity index is 402. The van der Waals surface area contributed by atoms with Gasteiger partial charge in [-0.25, -0.2) is 4.79 Å². The summed E-state index contributed by atoms with van der Waals surface area (Å²) in [6.07, 6.45) is 6.87. The zero-order chi connectivity index (χ0) is 13.4. The van der Waals surface area contributed by atoms with Gasteiger partial charge in [0.15, 0.2) is 0 Å². The summed E-state index contributed by atoms with van der Waals surface area (Å²) in [7, 11) is 1.99. The van der Waals surface area contributed by atoms with Gasteiger partial charge in [0.2, 0.25) is 0 Å². The summed E-state index contributed by atoms with van der Waals surface area (Å²) in [5.74, 6) is -0.819. The van der Waals surface area contributed by atoms with Crippen LogP contribution in [0.15, 0.2) is 36.2 Å². The molecule has 98 valence electrons. The zero-order valence-corrected chi connectivity index (χ0v) is 11.0. The van der Waals surface area contributed by atoms with Crippen LogP contribution in [0.3, 0.4) is 0 Å². The molecule has 1 aromatic rings. The van der Waals surface area contributed by atoms with Crippen molar-refractivity contribution in [3.63, 3.8) is 0 Å². The first-order valence-electron chi connectivity index (χ1n) is 6.13. The van der Waals surface area contributed by atoms with Crippen molar-refractivity contribution in [2.75, 3.05) is 20.1 Å². The van der Waals surface area contributed by atoms with Gasteiger partial charge in [0.05, 0.1) is 0 Å². The van der Waals surface area contributed by atoms with E-state index in [1.54, 1.807) is 18.5 Å². The highest BCUT2D eigenvalue weighted by Crippen LogP contribution is 2.02. The fraction of sp³-hybridized carbons (Fsp3) is 0.429. The standard InChI is InChI=1S/C14H20N2O2/c1-3-13(14(17)18)7-11-16(2)10-6-12-4-8-15-9-5-12/h4-5,7-9H,3,6,10-11H2,1-2H3,(H,17,18). The van der Waals surface area contributed by atoms with E-state index in [9.17, 15) is 4.79 Å². The fourth-order valence-electron chi connectivity index (χ4n) is 1.61. The Balaban J connectivity index is 2.38. The number of carbonyl (C=O) groups is 1. The first kappa shape index (κ1) is 14.4.